The first-order chi connectivity index (χ1) is 19.5. The second kappa shape index (κ2) is 10.3. The van der Waals surface area contributed by atoms with Gasteiger partial charge in [-0.3, -0.25) is 19.9 Å². The first kappa shape index (κ1) is 24.7. The molecule has 0 fully saturated rings. The molecule has 0 aliphatic heterocycles. The molecule has 0 radical (unpaired) electrons. The van der Waals surface area contributed by atoms with Crippen molar-refractivity contribution in [2.45, 2.75) is 12.5 Å². The highest BCUT2D eigenvalue weighted by molar-refractivity contribution is 5.96. The van der Waals surface area contributed by atoms with Gasteiger partial charge in [-0.05, 0) is 35.9 Å². The molecule has 1 amide bonds. The standard InChI is InChI=1S/C28H22N8O4/c1-34-24(18-5-7-21(8-6-18)35-11-10-29-17-35)16-31-26(34)23(14-20-4-2-3-9-30-20)33-27(37)25-13-19-12-22(36(38)39)15-32-28(19)40-25/h2-13,15-17,23H,14H2,1H3,(H,33,37). The quantitative estimate of drug-likeness (QED) is 0.223. The maximum absolute atomic E-state index is 13.3. The molecule has 1 aromatic carbocycles. The number of nitrogens with zero attached hydrogens (tertiary/aromatic N) is 7. The molecule has 0 aliphatic carbocycles. The van der Waals surface area contributed by atoms with Gasteiger partial charge >= 0.3 is 0 Å². The zero-order valence-corrected chi connectivity index (χ0v) is 21.2. The Morgan fingerprint density at radius 1 is 1.07 bits per heavy atom. The first-order valence-electron chi connectivity index (χ1n) is 12.3. The van der Waals surface area contributed by atoms with Crippen LogP contribution >= 0.6 is 0 Å². The molecular formula is C28H22N8O4. The van der Waals surface area contributed by atoms with Crippen molar-refractivity contribution in [2.75, 3.05) is 0 Å². The molecule has 1 N–H and O–H groups in total. The zero-order chi connectivity index (χ0) is 27.6. The van der Waals surface area contributed by atoms with Crippen LogP contribution in [-0.2, 0) is 13.5 Å². The number of nitro groups is 1. The lowest BCUT2D eigenvalue weighted by molar-refractivity contribution is -0.385. The van der Waals surface area contributed by atoms with E-state index in [9.17, 15) is 14.9 Å². The van der Waals surface area contributed by atoms with Gasteiger partial charge < -0.3 is 18.9 Å². The average Bonchev–Trinajstić information content (AvgIpc) is 3.73. The van der Waals surface area contributed by atoms with Crippen molar-refractivity contribution in [3.8, 4) is 16.9 Å². The molecule has 5 aromatic heterocycles. The Labute approximate surface area is 227 Å². The van der Waals surface area contributed by atoms with E-state index in [1.807, 2.05) is 64.8 Å². The predicted molar refractivity (Wildman–Crippen MR) is 145 cm³/mol. The third kappa shape index (κ3) is 4.80. The molecular weight excluding hydrogens is 512 g/mol. The molecule has 6 rings (SSSR count). The minimum absolute atomic E-state index is 0.0152. The zero-order valence-electron chi connectivity index (χ0n) is 21.2. The summed E-state index contributed by atoms with van der Waals surface area (Å²) in [4.78, 5) is 41.0. The van der Waals surface area contributed by atoms with Gasteiger partial charge in [0.15, 0.2) is 5.76 Å². The topological polar surface area (TPSA) is 147 Å². The van der Waals surface area contributed by atoms with Gasteiger partial charge in [0.2, 0.25) is 5.71 Å². The minimum Gasteiger partial charge on any atom is -0.433 e. The number of rotatable bonds is 8. The van der Waals surface area contributed by atoms with Crippen LogP contribution in [0.25, 0.3) is 28.0 Å². The molecule has 0 saturated carbocycles. The van der Waals surface area contributed by atoms with Crippen LogP contribution in [-0.4, -0.2) is 39.9 Å². The van der Waals surface area contributed by atoms with Crippen LogP contribution < -0.4 is 5.32 Å². The lowest BCUT2D eigenvalue weighted by atomic mass is 10.1. The van der Waals surface area contributed by atoms with Gasteiger partial charge in [0, 0.05) is 54.9 Å². The number of amides is 1. The number of carbonyl (C=O) groups is 1. The molecule has 40 heavy (non-hydrogen) atoms. The third-order valence-corrected chi connectivity index (χ3v) is 6.54. The van der Waals surface area contributed by atoms with E-state index < -0.39 is 16.9 Å². The van der Waals surface area contributed by atoms with Crippen molar-refractivity contribution in [1.82, 2.24) is 34.4 Å². The monoisotopic (exact) mass is 534 g/mol. The maximum atomic E-state index is 13.3. The van der Waals surface area contributed by atoms with E-state index in [1.165, 1.54) is 12.1 Å². The van der Waals surface area contributed by atoms with E-state index >= 15 is 0 Å². The van der Waals surface area contributed by atoms with Gasteiger partial charge in [-0.25, -0.2) is 15.0 Å². The van der Waals surface area contributed by atoms with E-state index in [0.717, 1.165) is 28.8 Å². The Bertz CT molecular complexity index is 1810. The summed E-state index contributed by atoms with van der Waals surface area (Å²) in [5.41, 5.74) is 3.52. The summed E-state index contributed by atoms with van der Waals surface area (Å²) in [6.07, 6.45) is 10.3. The summed E-state index contributed by atoms with van der Waals surface area (Å²) in [5.74, 6) is 0.104. The van der Waals surface area contributed by atoms with E-state index in [-0.39, 0.29) is 17.2 Å². The number of hydrogen-bond donors (Lipinski definition) is 1. The number of nitrogens with one attached hydrogen (secondary N) is 1. The summed E-state index contributed by atoms with van der Waals surface area (Å²) >= 11 is 0. The van der Waals surface area contributed by atoms with Crippen LogP contribution in [0.5, 0.6) is 0 Å². The van der Waals surface area contributed by atoms with Crippen LogP contribution in [0.3, 0.4) is 0 Å². The number of aromatic nitrogens is 6. The van der Waals surface area contributed by atoms with Crippen LogP contribution in [0.2, 0.25) is 0 Å². The molecule has 1 atom stereocenters. The second-order valence-electron chi connectivity index (χ2n) is 9.08. The molecule has 12 heteroatoms. The Morgan fingerprint density at radius 2 is 1.93 bits per heavy atom. The number of imidazole rings is 2. The third-order valence-electron chi connectivity index (χ3n) is 6.54. The van der Waals surface area contributed by atoms with Crippen molar-refractivity contribution in [3.05, 3.63) is 119 Å². The molecule has 6 aromatic rings. The van der Waals surface area contributed by atoms with Gasteiger partial charge in [-0.15, -0.1) is 0 Å². The molecule has 12 nitrogen and oxygen atoms in total. The van der Waals surface area contributed by atoms with Gasteiger partial charge in [0.25, 0.3) is 11.6 Å². The van der Waals surface area contributed by atoms with E-state index in [1.54, 1.807) is 24.9 Å². The molecule has 0 saturated heterocycles. The highest BCUT2D eigenvalue weighted by Gasteiger charge is 2.25. The van der Waals surface area contributed by atoms with E-state index in [4.69, 9.17) is 4.42 Å². The number of benzene rings is 1. The van der Waals surface area contributed by atoms with Crippen molar-refractivity contribution in [2.24, 2.45) is 7.05 Å². The Kier molecular flexibility index (Phi) is 6.32. The summed E-state index contributed by atoms with van der Waals surface area (Å²) in [6.45, 7) is 0. The Morgan fingerprint density at radius 3 is 2.65 bits per heavy atom. The highest BCUT2D eigenvalue weighted by atomic mass is 16.6. The minimum atomic E-state index is -0.554. The lowest BCUT2D eigenvalue weighted by Crippen LogP contribution is -2.31. The number of hydrogen-bond acceptors (Lipinski definition) is 8. The van der Waals surface area contributed by atoms with Gasteiger partial charge in [-0.1, -0.05) is 18.2 Å². The molecule has 0 aliphatic rings. The normalized spacial score (nSPS) is 11.9. The van der Waals surface area contributed by atoms with Crippen LogP contribution in [0, 0.1) is 10.1 Å². The summed E-state index contributed by atoms with van der Waals surface area (Å²) in [6, 6.07) is 15.8. The van der Waals surface area contributed by atoms with Crippen LogP contribution in [0.15, 0.2) is 96.3 Å². The van der Waals surface area contributed by atoms with Gasteiger partial charge in [0.1, 0.15) is 12.0 Å². The van der Waals surface area contributed by atoms with Gasteiger partial charge in [-0.2, -0.15) is 0 Å². The molecule has 0 spiro atoms. The maximum Gasteiger partial charge on any atom is 0.288 e. The largest absolute Gasteiger partial charge is 0.433 e. The molecule has 0 bridgehead atoms. The van der Waals surface area contributed by atoms with Crippen molar-refractivity contribution in [3.63, 3.8) is 0 Å². The first-order valence-corrected chi connectivity index (χ1v) is 12.3. The second-order valence-corrected chi connectivity index (χ2v) is 9.08. The number of furan rings is 1. The van der Waals surface area contributed by atoms with Gasteiger partial charge in [0.05, 0.1) is 29.2 Å². The smallest absolute Gasteiger partial charge is 0.288 e. The molecule has 5 heterocycles. The number of carbonyl (C=O) groups excluding carboxylic acids is 1. The van der Waals surface area contributed by atoms with Crippen LogP contribution in [0.1, 0.15) is 28.1 Å². The predicted octanol–water partition coefficient (Wildman–Crippen LogP) is 4.43. The summed E-state index contributed by atoms with van der Waals surface area (Å²) in [5, 5.41) is 14.5. The Balaban J connectivity index is 1.30. The fraction of sp³-hybridized carbons (Fsp3) is 0.107. The fourth-order valence-corrected chi connectivity index (χ4v) is 4.53. The van der Waals surface area contributed by atoms with Crippen molar-refractivity contribution >= 4 is 22.7 Å². The van der Waals surface area contributed by atoms with E-state index in [2.05, 4.69) is 25.3 Å². The number of pyridine rings is 2. The molecule has 1 unspecified atom stereocenters. The molecule has 198 valence electrons. The Hall–Kier alpha value is -5.65. The van der Waals surface area contributed by atoms with Crippen molar-refractivity contribution < 1.29 is 14.1 Å². The summed E-state index contributed by atoms with van der Waals surface area (Å²) in [7, 11) is 1.89. The average molecular weight is 535 g/mol. The SMILES string of the molecule is Cn1c(-c2ccc(-n3ccnc3)cc2)cnc1C(Cc1ccccn1)NC(=O)c1cc2cc([N+](=O)[O-])cnc2o1. The van der Waals surface area contributed by atoms with Crippen LogP contribution in [0.4, 0.5) is 5.69 Å². The fourth-order valence-electron chi connectivity index (χ4n) is 4.53. The lowest BCUT2D eigenvalue weighted by Gasteiger charge is -2.18. The highest BCUT2D eigenvalue weighted by Crippen LogP contribution is 2.27. The van der Waals surface area contributed by atoms with Crippen molar-refractivity contribution in [1.29, 1.82) is 0 Å². The summed E-state index contributed by atoms with van der Waals surface area (Å²) < 4.78 is 9.46. The number of fused-ring (bicyclic) bond motifs is 1. The van der Waals surface area contributed by atoms with E-state index in [0.29, 0.717) is 17.6 Å².